The minimum atomic E-state index is -0.223. The van der Waals surface area contributed by atoms with Crippen LogP contribution in [0, 0.1) is 6.92 Å². The van der Waals surface area contributed by atoms with Crippen LogP contribution in [0.2, 0.25) is 0 Å². The van der Waals surface area contributed by atoms with Crippen molar-refractivity contribution in [3.63, 3.8) is 0 Å². The summed E-state index contributed by atoms with van der Waals surface area (Å²) in [4.78, 5) is 29.5. The highest BCUT2D eigenvalue weighted by Crippen LogP contribution is 2.18. The maximum Gasteiger partial charge on any atom is 0.251 e. The van der Waals surface area contributed by atoms with Crippen molar-refractivity contribution in [2.75, 3.05) is 0 Å². The van der Waals surface area contributed by atoms with Gasteiger partial charge < -0.3 is 4.98 Å². The Kier molecular flexibility index (Phi) is 5.13. The smallest absolute Gasteiger partial charge is 0.251 e. The normalized spacial score (nSPS) is 10.4. The number of aromatic amines is 1. The molecular weight excluding hydrogens is 288 g/mol. The number of hydrazine groups is 1. The second kappa shape index (κ2) is 7.05. The number of aromatic nitrogens is 2. The van der Waals surface area contributed by atoms with Gasteiger partial charge in [-0.05, 0) is 18.1 Å². The SMILES string of the molecule is Cc1cc(=O)[nH]c(SCc2ccc(CC(=O)NN)cc2)n1. The first-order valence-electron chi connectivity index (χ1n) is 6.35. The van der Waals surface area contributed by atoms with Gasteiger partial charge in [-0.3, -0.25) is 15.0 Å². The Morgan fingerprint density at radius 3 is 2.62 bits per heavy atom. The van der Waals surface area contributed by atoms with Crippen LogP contribution in [-0.2, 0) is 17.0 Å². The quantitative estimate of drug-likeness (QED) is 0.250. The predicted octanol–water partition coefficient (Wildman–Crippen LogP) is 0.903. The van der Waals surface area contributed by atoms with Gasteiger partial charge >= 0.3 is 0 Å². The van der Waals surface area contributed by atoms with Crippen molar-refractivity contribution in [3.8, 4) is 0 Å². The van der Waals surface area contributed by atoms with Crippen molar-refractivity contribution >= 4 is 17.7 Å². The van der Waals surface area contributed by atoms with Gasteiger partial charge in [0.25, 0.3) is 5.56 Å². The van der Waals surface area contributed by atoms with Crippen molar-refractivity contribution in [1.29, 1.82) is 0 Å². The summed E-state index contributed by atoms with van der Waals surface area (Å²) in [6, 6.07) is 9.12. The van der Waals surface area contributed by atoms with Gasteiger partial charge in [0.2, 0.25) is 5.91 Å². The lowest BCUT2D eigenvalue weighted by atomic mass is 10.1. The average molecular weight is 304 g/mol. The van der Waals surface area contributed by atoms with E-state index in [9.17, 15) is 9.59 Å². The number of hydrogen-bond donors (Lipinski definition) is 3. The number of aryl methyl sites for hydroxylation is 1. The Labute approximate surface area is 126 Å². The lowest BCUT2D eigenvalue weighted by Crippen LogP contribution is -2.31. The molecule has 0 unspecified atom stereocenters. The number of amides is 1. The highest BCUT2D eigenvalue weighted by atomic mass is 32.2. The fourth-order valence-corrected chi connectivity index (χ4v) is 2.64. The summed E-state index contributed by atoms with van der Waals surface area (Å²) in [7, 11) is 0. The van der Waals surface area contributed by atoms with Crippen molar-refractivity contribution in [3.05, 3.63) is 57.5 Å². The third-order valence-corrected chi connectivity index (χ3v) is 3.72. The van der Waals surface area contributed by atoms with Crippen LogP contribution in [-0.4, -0.2) is 15.9 Å². The minimum absolute atomic E-state index is 0.145. The summed E-state index contributed by atoms with van der Waals surface area (Å²) in [6.07, 6.45) is 0.261. The fourth-order valence-electron chi connectivity index (χ4n) is 1.76. The largest absolute Gasteiger partial charge is 0.301 e. The zero-order valence-electron chi connectivity index (χ0n) is 11.6. The third kappa shape index (κ3) is 4.73. The van der Waals surface area contributed by atoms with Gasteiger partial charge in [0.1, 0.15) is 0 Å². The maximum atomic E-state index is 11.3. The number of nitrogens with one attached hydrogen (secondary N) is 2. The summed E-state index contributed by atoms with van der Waals surface area (Å²) < 4.78 is 0. The zero-order chi connectivity index (χ0) is 15.2. The van der Waals surface area contributed by atoms with Crippen LogP contribution >= 0.6 is 11.8 Å². The summed E-state index contributed by atoms with van der Waals surface area (Å²) in [5.74, 6) is 5.51. The molecule has 4 N–H and O–H groups in total. The molecule has 2 aromatic rings. The molecule has 0 fully saturated rings. The highest BCUT2D eigenvalue weighted by Gasteiger charge is 2.03. The molecule has 0 saturated heterocycles. The van der Waals surface area contributed by atoms with E-state index in [2.05, 4.69) is 15.4 Å². The second-order valence-electron chi connectivity index (χ2n) is 4.54. The van der Waals surface area contributed by atoms with Crippen molar-refractivity contribution in [2.45, 2.75) is 24.3 Å². The molecule has 0 spiro atoms. The van der Waals surface area contributed by atoms with Gasteiger partial charge in [-0.15, -0.1) is 0 Å². The predicted molar refractivity (Wildman–Crippen MR) is 81.6 cm³/mol. The highest BCUT2D eigenvalue weighted by molar-refractivity contribution is 7.98. The van der Waals surface area contributed by atoms with E-state index < -0.39 is 0 Å². The fraction of sp³-hybridized carbons (Fsp3) is 0.214. The first-order chi connectivity index (χ1) is 10.1. The number of carbonyl (C=O) groups excluding carboxylic acids is 1. The lowest BCUT2D eigenvalue weighted by molar-refractivity contribution is -0.120. The molecule has 1 heterocycles. The zero-order valence-corrected chi connectivity index (χ0v) is 12.4. The number of hydrogen-bond acceptors (Lipinski definition) is 5. The summed E-state index contributed by atoms with van der Waals surface area (Å²) >= 11 is 1.46. The van der Waals surface area contributed by atoms with E-state index in [1.165, 1.54) is 17.8 Å². The Morgan fingerprint density at radius 1 is 1.33 bits per heavy atom. The summed E-state index contributed by atoms with van der Waals surface area (Å²) in [5.41, 5.74) is 4.63. The van der Waals surface area contributed by atoms with Crippen LogP contribution in [0.3, 0.4) is 0 Å². The molecule has 0 aliphatic carbocycles. The standard InChI is InChI=1S/C14H16N4O2S/c1-9-6-12(19)17-14(16-9)21-8-11-4-2-10(3-5-11)7-13(20)18-15/h2-6H,7-8,15H2,1H3,(H,18,20)(H,16,17,19). The van der Waals surface area contributed by atoms with Crippen molar-refractivity contribution in [2.24, 2.45) is 5.84 Å². The molecule has 21 heavy (non-hydrogen) atoms. The Morgan fingerprint density at radius 2 is 2.00 bits per heavy atom. The van der Waals surface area contributed by atoms with Gasteiger partial charge in [-0.1, -0.05) is 36.0 Å². The molecule has 0 saturated carbocycles. The number of H-pyrrole nitrogens is 1. The summed E-state index contributed by atoms with van der Waals surface area (Å²) in [5, 5.41) is 0.603. The number of benzene rings is 1. The van der Waals surface area contributed by atoms with E-state index >= 15 is 0 Å². The van der Waals surface area contributed by atoms with Gasteiger partial charge in [-0.25, -0.2) is 10.8 Å². The van der Waals surface area contributed by atoms with Gasteiger partial charge in [-0.2, -0.15) is 0 Å². The van der Waals surface area contributed by atoms with Gasteiger partial charge in [0.15, 0.2) is 5.16 Å². The van der Waals surface area contributed by atoms with Crippen LogP contribution in [0.4, 0.5) is 0 Å². The monoisotopic (exact) mass is 304 g/mol. The van der Waals surface area contributed by atoms with E-state index in [0.29, 0.717) is 16.6 Å². The third-order valence-electron chi connectivity index (χ3n) is 2.77. The molecule has 0 aliphatic heterocycles. The molecule has 0 bridgehead atoms. The first-order valence-corrected chi connectivity index (χ1v) is 7.33. The molecular formula is C14H16N4O2S. The van der Waals surface area contributed by atoms with Crippen molar-refractivity contribution < 1.29 is 4.79 Å². The molecule has 0 atom stereocenters. The van der Waals surface area contributed by atoms with Crippen molar-refractivity contribution in [1.82, 2.24) is 15.4 Å². The van der Waals surface area contributed by atoms with Gasteiger partial charge in [0, 0.05) is 17.5 Å². The molecule has 0 aliphatic rings. The molecule has 110 valence electrons. The Hall–Kier alpha value is -2.12. The topological polar surface area (TPSA) is 101 Å². The van der Waals surface area contributed by atoms with E-state index in [1.807, 2.05) is 24.3 Å². The Balaban J connectivity index is 1.97. The van der Waals surface area contributed by atoms with Crippen LogP contribution in [0.15, 0.2) is 40.3 Å². The minimum Gasteiger partial charge on any atom is -0.301 e. The maximum absolute atomic E-state index is 11.3. The number of carbonyl (C=O) groups is 1. The van der Waals surface area contributed by atoms with E-state index in [-0.39, 0.29) is 17.9 Å². The van der Waals surface area contributed by atoms with Gasteiger partial charge in [0.05, 0.1) is 6.42 Å². The first kappa shape index (κ1) is 15.3. The molecule has 7 heteroatoms. The van der Waals surface area contributed by atoms with Crippen LogP contribution < -0.4 is 16.8 Å². The van der Waals surface area contributed by atoms with Crippen LogP contribution in [0.5, 0.6) is 0 Å². The molecule has 1 aromatic heterocycles. The molecule has 2 rings (SSSR count). The second-order valence-corrected chi connectivity index (χ2v) is 5.51. The molecule has 0 radical (unpaired) electrons. The molecule has 1 amide bonds. The average Bonchev–Trinajstić information content (AvgIpc) is 2.45. The number of nitrogens with zero attached hydrogens (tertiary/aromatic N) is 1. The molecule has 1 aromatic carbocycles. The van der Waals surface area contributed by atoms with E-state index in [1.54, 1.807) is 6.92 Å². The molecule has 6 nitrogen and oxygen atoms in total. The number of thioether (sulfide) groups is 1. The van der Waals surface area contributed by atoms with E-state index in [0.717, 1.165) is 11.1 Å². The summed E-state index contributed by atoms with van der Waals surface area (Å²) in [6.45, 7) is 1.79. The lowest BCUT2D eigenvalue weighted by Gasteiger charge is -2.04. The van der Waals surface area contributed by atoms with Crippen LogP contribution in [0.25, 0.3) is 0 Å². The number of nitrogens with two attached hydrogens (primary N) is 1. The number of rotatable bonds is 5. The van der Waals surface area contributed by atoms with Crippen LogP contribution in [0.1, 0.15) is 16.8 Å². The Bertz CT molecular complexity index is 682. The van der Waals surface area contributed by atoms with E-state index in [4.69, 9.17) is 5.84 Å².